The molecule has 2 rings (SSSR count). The van der Waals surface area contributed by atoms with E-state index in [1.54, 1.807) is 41.3 Å². The van der Waals surface area contributed by atoms with Crippen molar-refractivity contribution in [2.24, 2.45) is 0 Å². The van der Waals surface area contributed by atoms with Gasteiger partial charge in [0, 0.05) is 17.9 Å². The molecular formula is C13H16N4O. The molecule has 0 aliphatic rings. The molecule has 0 saturated carbocycles. The number of para-hydroxylation sites is 1. The van der Waals surface area contributed by atoms with Gasteiger partial charge in [0.05, 0.1) is 17.4 Å². The largest absolute Gasteiger partial charge is 0.398 e. The van der Waals surface area contributed by atoms with Crippen LogP contribution >= 0.6 is 0 Å². The molecule has 3 N–H and O–H groups in total. The van der Waals surface area contributed by atoms with Crippen LogP contribution in [0.5, 0.6) is 0 Å². The van der Waals surface area contributed by atoms with Crippen LogP contribution in [0.2, 0.25) is 0 Å². The van der Waals surface area contributed by atoms with Crippen molar-refractivity contribution in [3.8, 4) is 0 Å². The molecule has 0 unspecified atom stereocenters. The van der Waals surface area contributed by atoms with Crippen molar-refractivity contribution >= 4 is 17.3 Å². The molecule has 0 fully saturated rings. The topological polar surface area (TPSA) is 72.9 Å². The SMILES string of the molecule is CC(C)n1cc(NC(=O)c2ccccc2N)cn1. The number of nitrogens with zero attached hydrogens (tertiary/aromatic N) is 2. The second-order valence-corrected chi connectivity index (χ2v) is 4.34. The summed E-state index contributed by atoms with van der Waals surface area (Å²) >= 11 is 0. The third-order valence-electron chi connectivity index (χ3n) is 2.59. The van der Waals surface area contributed by atoms with E-state index in [1.165, 1.54) is 0 Å². The predicted octanol–water partition coefficient (Wildman–Crippen LogP) is 2.30. The number of hydrogen-bond acceptors (Lipinski definition) is 3. The van der Waals surface area contributed by atoms with E-state index < -0.39 is 0 Å². The fourth-order valence-electron chi connectivity index (χ4n) is 1.59. The van der Waals surface area contributed by atoms with Crippen molar-refractivity contribution < 1.29 is 4.79 Å². The first-order valence-corrected chi connectivity index (χ1v) is 5.78. The van der Waals surface area contributed by atoms with E-state index in [0.717, 1.165) is 0 Å². The lowest BCUT2D eigenvalue weighted by molar-refractivity contribution is 0.102. The Hall–Kier alpha value is -2.30. The number of nitrogens with two attached hydrogens (primary N) is 1. The molecule has 0 saturated heterocycles. The van der Waals surface area contributed by atoms with Gasteiger partial charge in [-0.25, -0.2) is 0 Å². The molecule has 1 amide bonds. The van der Waals surface area contributed by atoms with Gasteiger partial charge in [-0.3, -0.25) is 9.48 Å². The zero-order valence-electron chi connectivity index (χ0n) is 10.4. The van der Waals surface area contributed by atoms with Crippen molar-refractivity contribution in [1.82, 2.24) is 9.78 Å². The highest BCUT2D eigenvalue weighted by molar-refractivity contribution is 6.07. The highest BCUT2D eigenvalue weighted by Crippen LogP contribution is 2.15. The van der Waals surface area contributed by atoms with E-state index >= 15 is 0 Å². The fourth-order valence-corrected chi connectivity index (χ4v) is 1.59. The number of carbonyl (C=O) groups excluding carboxylic acids is 1. The summed E-state index contributed by atoms with van der Waals surface area (Å²) in [7, 11) is 0. The molecule has 1 aromatic heterocycles. The van der Waals surface area contributed by atoms with Crippen LogP contribution in [0.15, 0.2) is 36.7 Å². The molecule has 0 bridgehead atoms. The Morgan fingerprint density at radius 1 is 1.39 bits per heavy atom. The minimum Gasteiger partial charge on any atom is -0.398 e. The number of nitrogens with one attached hydrogen (secondary N) is 1. The summed E-state index contributed by atoms with van der Waals surface area (Å²) in [5, 5.41) is 6.93. The second kappa shape index (κ2) is 4.91. The number of nitrogen functional groups attached to an aromatic ring is 1. The number of anilines is 2. The summed E-state index contributed by atoms with van der Waals surface area (Å²) < 4.78 is 1.78. The van der Waals surface area contributed by atoms with Crippen LogP contribution in [0.25, 0.3) is 0 Å². The second-order valence-electron chi connectivity index (χ2n) is 4.34. The Morgan fingerprint density at radius 2 is 2.11 bits per heavy atom. The molecule has 1 aromatic carbocycles. The normalized spacial score (nSPS) is 10.6. The summed E-state index contributed by atoms with van der Waals surface area (Å²) in [6.07, 6.45) is 3.42. The summed E-state index contributed by atoms with van der Waals surface area (Å²) in [6, 6.07) is 7.23. The monoisotopic (exact) mass is 244 g/mol. The predicted molar refractivity (Wildman–Crippen MR) is 71.4 cm³/mol. The lowest BCUT2D eigenvalue weighted by Crippen LogP contribution is -2.13. The van der Waals surface area contributed by atoms with Crippen LogP contribution in [-0.4, -0.2) is 15.7 Å². The molecule has 2 aromatic rings. The van der Waals surface area contributed by atoms with Gasteiger partial charge in [-0.05, 0) is 26.0 Å². The van der Waals surface area contributed by atoms with Gasteiger partial charge in [-0.2, -0.15) is 5.10 Å². The molecule has 94 valence electrons. The maximum Gasteiger partial charge on any atom is 0.257 e. The van der Waals surface area contributed by atoms with E-state index in [4.69, 9.17) is 5.73 Å². The first kappa shape index (κ1) is 12.2. The van der Waals surface area contributed by atoms with Crippen LogP contribution in [0.3, 0.4) is 0 Å². The maximum absolute atomic E-state index is 12.0. The van der Waals surface area contributed by atoms with Crippen LogP contribution < -0.4 is 11.1 Å². The molecule has 0 aliphatic heterocycles. The fraction of sp³-hybridized carbons (Fsp3) is 0.231. The first-order chi connectivity index (χ1) is 8.58. The van der Waals surface area contributed by atoms with Crippen molar-refractivity contribution in [2.45, 2.75) is 19.9 Å². The van der Waals surface area contributed by atoms with Gasteiger partial charge in [0.15, 0.2) is 0 Å². The number of benzene rings is 1. The van der Waals surface area contributed by atoms with Gasteiger partial charge in [-0.15, -0.1) is 0 Å². The highest BCUT2D eigenvalue weighted by atomic mass is 16.1. The van der Waals surface area contributed by atoms with Crippen LogP contribution in [0.1, 0.15) is 30.2 Å². The third-order valence-corrected chi connectivity index (χ3v) is 2.59. The Balaban J connectivity index is 2.14. The number of aromatic nitrogens is 2. The molecule has 1 heterocycles. The van der Waals surface area contributed by atoms with E-state index in [2.05, 4.69) is 10.4 Å². The van der Waals surface area contributed by atoms with Crippen molar-refractivity contribution in [2.75, 3.05) is 11.1 Å². The molecule has 0 radical (unpaired) electrons. The van der Waals surface area contributed by atoms with Gasteiger partial charge in [0.2, 0.25) is 0 Å². The van der Waals surface area contributed by atoms with Crippen LogP contribution in [-0.2, 0) is 0 Å². The zero-order valence-corrected chi connectivity index (χ0v) is 10.4. The van der Waals surface area contributed by atoms with Gasteiger partial charge < -0.3 is 11.1 Å². The molecule has 0 spiro atoms. The lowest BCUT2D eigenvalue weighted by Gasteiger charge is -2.05. The smallest absolute Gasteiger partial charge is 0.257 e. The molecule has 5 nitrogen and oxygen atoms in total. The van der Waals surface area contributed by atoms with E-state index in [9.17, 15) is 4.79 Å². The Morgan fingerprint density at radius 3 is 2.72 bits per heavy atom. The lowest BCUT2D eigenvalue weighted by atomic mass is 10.1. The number of rotatable bonds is 3. The Bertz CT molecular complexity index is 560. The standard InChI is InChI=1S/C13H16N4O/c1-9(2)17-8-10(7-15-17)16-13(18)11-5-3-4-6-12(11)14/h3-9H,14H2,1-2H3,(H,16,18). The van der Waals surface area contributed by atoms with Crippen molar-refractivity contribution in [1.29, 1.82) is 0 Å². The maximum atomic E-state index is 12.0. The third kappa shape index (κ3) is 2.51. The van der Waals surface area contributed by atoms with Gasteiger partial charge in [-0.1, -0.05) is 12.1 Å². The van der Waals surface area contributed by atoms with E-state index in [0.29, 0.717) is 16.9 Å². The minimum absolute atomic E-state index is 0.226. The quantitative estimate of drug-likeness (QED) is 0.814. The molecule has 0 aliphatic carbocycles. The zero-order chi connectivity index (χ0) is 13.1. The first-order valence-electron chi connectivity index (χ1n) is 5.78. The Kier molecular flexibility index (Phi) is 3.32. The summed E-state index contributed by atoms with van der Waals surface area (Å²) in [6.45, 7) is 4.04. The summed E-state index contributed by atoms with van der Waals surface area (Å²) in [5.74, 6) is -0.226. The molecule has 18 heavy (non-hydrogen) atoms. The summed E-state index contributed by atoms with van der Waals surface area (Å²) in [5.41, 5.74) is 7.34. The van der Waals surface area contributed by atoms with Crippen LogP contribution in [0, 0.1) is 0 Å². The highest BCUT2D eigenvalue weighted by Gasteiger charge is 2.10. The average Bonchev–Trinajstić information content (AvgIpc) is 2.78. The average molecular weight is 244 g/mol. The molecule has 0 atom stereocenters. The minimum atomic E-state index is -0.226. The van der Waals surface area contributed by atoms with Crippen molar-refractivity contribution in [3.63, 3.8) is 0 Å². The molecular weight excluding hydrogens is 228 g/mol. The van der Waals surface area contributed by atoms with E-state index in [1.807, 2.05) is 13.8 Å². The van der Waals surface area contributed by atoms with Crippen molar-refractivity contribution in [3.05, 3.63) is 42.2 Å². The number of carbonyl (C=O) groups is 1. The molecule has 5 heteroatoms. The van der Waals surface area contributed by atoms with Crippen LogP contribution in [0.4, 0.5) is 11.4 Å². The summed E-state index contributed by atoms with van der Waals surface area (Å²) in [4.78, 5) is 12.0. The van der Waals surface area contributed by atoms with Gasteiger partial charge in [0.1, 0.15) is 0 Å². The van der Waals surface area contributed by atoms with Gasteiger partial charge >= 0.3 is 0 Å². The van der Waals surface area contributed by atoms with E-state index in [-0.39, 0.29) is 11.9 Å². The number of hydrogen-bond donors (Lipinski definition) is 2. The van der Waals surface area contributed by atoms with Gasteiger partial charge in [0.25, 0.3) is 5.91 Å². The Labute approximate surface area is 106 Å². The number of amides is 1.